The largest absolute Gasteiger partial charge is 0.291 e. The summed E-state index contributed by atoms with van der Waals surface area (Å²) in [6.45, 7) is 6.42. The van der Waals surface area contributed by atoms with Gasteiger partial charge < -0.3 is 0 Å². The molecule has 0 aromatic heterocycles. The molecule has 1 saturated heterocycles. The number of nitrogens with zero attached hydrogens (tertiary/aromatic N) is 2. The highest BCUT2D eigenvalue weighted by Crippen LogP contribution is 2.47. The van der Waals surface area contributed by atoms with Crippen molar-refractivity contribution in [3.8, 4) is 0 Å². The predicted octanol–water partition coefficient (Wildman–Crippen LogP) is 2.60. The topological polar surface area (TPSA) is 49.7 Å². The van der Waals surface area contributed by atoms with E-state index >= 15 is 0 Å². The molecule has 126 valence electrons. The average molecular weight is 327 g/mol. The third kappa shape index (κ3) is 3.40. The minimum Gasteiger partial charge on any atom is -0.291 e. The summed E-state index contributed by atoms with van der Waals surface area (Å²) in [5.74, 6) is 2.93. The van der Waals surface area contributed by atoms with E-state index in [1.807, 2.05) is 0 Å². The second-order valence-corrected chi connectivity index (χ2v) is 9.93. The molecule has 2 fully saturated rings. The van der Waals surface area contributed by atoms with Crippen LogP contribution in [0.1, 0.15) is 46.0 Å². The molecule has 1 aliphatic carbocycles. The van der Waals surface area contributed by atoms with Gasteiger partial charge in [-0.3, -0.25) is 9.89 Å². The molecule has 4 nitrogen and oxygen atoms in total. The average Bonchev–Trinajstić information content (AvgIpc) is 2.78. The molecule has 2 heterocycles. The number of hydrogen-bond donors (Lipinski definition) is 0. The van der Waals surface area contributed by atoms with Crippen molar-refractivity contribution in [1.29, 1.82) is 0 Å². The van der Waals surface area contributed by atoms with Gasteiger partial charge in [-0.05, 0) is 50.4 Å². The van der Waals surface area contributed by atoms with Gasteiger partial charge in [-0.1, -0.05) is 13.3 Å². The van der Waals surface area contributed by atoms with E-state index < -0.39 is 9.84 Å². The zero-order chi connectivity index (χ0) is 15.9. The number of sulfone groups is 1. The van der Waals surface area contributed by atoms with E-state index in [0.29, 0.717) is 23.8 Å². The zero-order valence-corrected chi connectivity index (χ0v) is 15.0. The van der Waals surface area contributed by atoms with E-state index in [4.69, 9.17) is 4.99 Å². The van der Waals surface area contributed by atoms with Crippen molar-refractivity contribution in [2.45, 2.75) is 52.0 Å². The van der Waals surface area contributed by atoms with E-state index in [-0.39, 0.29) is 5.88 Å². The van der Waals surface area contributed by atoms with Gasteiger partial charge in [-0.2, -0.15) is 0 Å². The summed E-state index contributed by atoms with van der Waals surface area (Å²) in [5.41, 5.74) is 1.46. The van der Waals surface area contributed by atoms with Gasteiger partial charge in [0.15, 0.2) is 9.84 Å². The Hall–Kier alpha value is -0.420. The summed E-state index contributed by atoms with van der Waals surface area (Å²) in [6.07, 6.45) is 7.47. The maximum atomic E-state index is 11.6. The van der Waals surface area contributed by atoms with Crippen LogP contribution in [-0.2, 0) is 9.84 Å². The quantitative estimate of drug-likeness (QED) is 0.798. The fraction of sp³-hybridized carbons (Fsp3) is 0.941. The van der Waals surface area contributed by atoms with Crippen molar-refractivity contribution in [2.24, 2.45) is 28.7 Å². The van der Waals surface area contributed by atoms with Crippen LogP contribution in [0.4, 0.5) is 0 Å². The number of aliphatic imine (C=N–C) groups is 1. The fourth-order valence-corrected chi connectivity index (χ4v) is 6.01. The van der Waals surface area contributed by atoms with Crippen LogP contribution in [-0.4, -0.2) is 50.3 Å². The summed E-state index contributed by atoms with van der Waals surface area (Å²) in [4.78, 5) is 7.15. The molecule has 2 aliphatic heterocycles. The normalized spacial score (nSPS) is 39.2. The van der Waals surface area contributed by atoms with Crippen molar-refractivity contribution in [3.63, 3.8) is 0 Å². The Morgan fingerprint density at radius 1 is 1.27 bits per heavy atom. The van der Waals surface area contributed by atoms with Gasteiger partial charge in [0.1, 0.15) is 5.88 Å². The van der Waals surface area contributed by atoms with Crippen LogP contribution in [0, 0.1) is 23.7 Å². The molecule has 0 bridgehead atoms. The fourth-order valence-electron chi connectivity index (χ4n) is 5.14. The second-order valence-electron chi connectivity index (χ2n) is 7.82. The molecular formula is C17H30N2O2S. The van der Waals surface area contributed by atoms with Crippen LogP contribution in [0.5, 0.6) is 0 Å². The first kappa shape index (κ1) is 16.4. The van der Waals surface area contributed by atoms with Crippen molar-refractivity contribution in [3.05, 3.63) is 0 Å². The number of hydrogen-bond acceptors (Lipinski definition) is 4. The molecule has 0 amide bonds. The Bertz CT molecular complexity index is 543. The van der Waals surface area contributed by atoms with E-state index in [0.717, 1.165) is 25.4 Å². The smallest absolute Gasteiger partial charge is 0.160 e. The standard InChI is InChI=1S/C17H30N2O2S/c1-4-5-14-15-7-6-12(2)18-17(15)8-13-9-19(10-16(13)14)11-22(3,20)21/h12-16H,4-11H2,1-3H3. The minimum absolute atomic E-state index is 0.229. The van der Waals surface area contributed by atoms with Crippen LogP contribution in [0.15, 0.2) is 4.99 Å². The predicted molar refractivity (Wildman–Crippen MR) is 90.9 cm³/mol. The molecule has 3 aliphatic rings. The lowest BCUT2D eigenvalue weighted by atomic mass is 9.63. The van der Waals surface area contributed by atoms with Crippen molar-refractivity contribution in [2.75, 3.05) is 25.2 Å². The minimum atomic E-state index is -2.92. The Morgan fingerprint density at radius 2 is 2.05 bits per heavy atom. The Morgan fingerprint density at radius 3 is 2.73 bits per heavy atom. The molecule has 5 unspecified atom stereocenters. The summed E-state index contributed by atoms with van der Waals surface area (Å²) >= 11 is 0. The first-order valence-corrected chi connectivity index (χ1v) is 10.9. The first-order valence-electron chi connectivity index (χ1n) is 8.84. The summed E-state index contributed by atoms with van der Waals surface area (Å²) < 4.78 is 23.3. The highest BCUT2D eigenvalue weighted by molar-refractivity contribution is 7.90. The first-order chi connectivity index (χ1) is 10.4. The van der Waals surface area contributed by atoms with E-state index in [2.05, 4.69) is 18.7 Å². The van der Waals surface area contributed by atoms with Gasteiger partial charge in [0, 0.05) is 37.0 Å². The van der Waals surface area contributed by atoms with Crippen LogP contribution in [0.3, 0.4) is 0 Å². The second kappa shape index (κ2) is 6.23. The summed E-state index contributed by atoms with van der Waals surface area (Å²) in [6, 6.07) is 0.485. The van der Waals surface area contributed by atoms with Crippen LogP contribution < -0.4 is 0 Å². The van der Waals surface area contributed by atoms with Gasteiger partial charge in [0.25, 0.3) is 0 Å². The van der Waals surface area contributed by atoms with Gasteiger partial charge in [-0.25, -0.2) is 8.42 Å². The van der Waals surface area contributed by atoms with Crippen LogP contribution in [0.25, 0.3) is 0 Å². The number of likely N-dealkylation sites (tertiary alicyclic amines) is 1. The SMILES string of the molecule is CCCC1C2CCC(C)N=C2CC2CN(CS(C)(=O)=O)CC21. The monoisotopic (exact) mass is 326 g/mol. The molecule has 0 aromatic carbocycles. The zero-order valence-electron chi connectivity index (χ0n) is 14.2. The third-order valence-electron chi connectivity index (χ3n) is 5.85. The molecule has 0 N–H and O–H groups in total. The van der Waals surface area contributed by atoms with Gasteiger partial charge >= 0.3 is 0 Å². The lowest BCUT2D eigenvalue weighted by Gasteiger charge is -2.43. The van der Waals surface area contributed by atoms with Gasteiger partial charge in [0.2, 0.25) is 0 Å². The molecule has 0 radical (unpaired) electrons. The van der Waals surface area contributed by atoms with Gasteiger partial charge in [-0.15, -0.1) is 0 Å². The molecule has 5 atom stereocenters. The Balaban J connectivity index is 1.80. The van der Waals surface area contributed by atoms with Crippen molar-refractivity contribution < 1.29 is 8.42 Å². The van der Waals surface area contributed by atoms with E-state index in [1.54, 1.807) is 0 Å². The highest BCUT2D eigenvalue weighted by atomic mass is 32.2. The third-order valence-corrected chi connectivity index (χ3v) is 6.69. The van der Waals surface area contributed by atoms with Gasteiger partial charge in [0.05, 0.1) is 0 Å². The lowest BCUT2D eigenvalue weighted by Crippen LogP contribution is -2.42. The molecule has 1 saturated carbocycles. The number of fused-ring (bicyclic) bond motifs is 2. The summed E-state index contributed by atoms with van der Waals surface area (Å²) in [5, 5.41) is 0. The van der Waals surface area contributed by atoms with Crippen molar-refractivity contribution in [1.82, 2.24) is 4.90 Å². The van der Waals surface area contributed by atoms with E-state index in [1.165, 1.54) is 37.7 Å². The number of rotatable bonds is 4. The Kier molecular flexibility index (Phi) is 4.66. The lowest BCUT2D eigenvalue weighted by molar-refractivity contribution is 0.177. The summed E-state index contributed by atoms with van der Waals surface area (Å²) in [7, 11) is -2.92. The maximum absolute atomic E-state index is 11.6. The molecule has 0 aromatic rings. The molecule has 22 heavy (non-hydrogen) atoms. The van der Waals surface area contributed by atoms with Crippen LogP contribution >= 0.6 is 0 Å². The van der Waals surface area contributed by atoms with Crippen molar-refractivity contribution >= 4 is 15.5 Å². The van der Waals surface area contributed by atoms with E-state index in [9.17, 15) is 8.42 Å². The maximum Gasteiger partial charge on any atom is 0.160 e. The molecule has 3 rings (SSSR count). The molecule has 5 heteroatoms. The van der Waals surface area contributed by atoms with Crippen LogP contribution in [0.2, 0.25) is 0 Å². The Labute approximate surface area is 135 Å². The molecular weight excluding hydrogens is 296 g/mol. The highest BCUT2D eigenvalue weighted by Gasteiger charge is 2.47. The molecule has 0 spiro atoms.